The number of carboxylic acid groups (broad SMARTS) is 1. The van der Waals surface area contributed by atoms with Gasteiger partial charge in [-0.3, -0.25) is 29.6 Å². The number of nitrogens with zero attached hydrogens (tertiary/aromatic N) is 4. The van der Waals surface area contributed by atoms with Crippen LogP contribution in [0.25, 0.3) is 11.2 Å². The van der Waals surface area contributed by atoms with Crippen molar-refractivity contribution < 1.29 is 24.2 Å². The summed E-state index contributed by atoms with van der Waals surface area (Å²) in [5.74, 6) is -1.57. The first kappa shape index (κ1) is 25.1. The minimum atomic E-state index is -0.991. The van der Waals surface area contributed by atoms with E-state index in [1.807, 2.05) is 0 Å². The van der Waals surface area contributed by atoms with Crippen molar-refractivity contribution in [2.45, 2.75) is 58.7 Å². The number of carbonyl (C=O) groups is 3. The molecular weight excluding hydrogens is 446 g/mol. The van der Waals surface area contributed by atoms with Crippen LogP contribution in [0, 0.1) is 5.92 Å². The molecule has 1 aliphatic heterocycles. The summed E-state index contributed by atoms with van der Waals surface area (Å²) < 4.78 is 6.81. The molecule has 186 valence electrons. The number of rotatable bonds is 7. The van der Waals surface area contributed by atoms with Crippen LogP contribution in [0.4, 0.5) is 10.7 Å². The van der Waals surface area contributed by atoms with Crippen LogP contribution in [-0.4, -0.2) is 78.8 Å². The minimum absolute atomic E-state index is 0.00567. The van der Waals surface area contributed by atoms with E-state index in [2.05, 4.69) is 25.6 Å². The molecule has 1 fully saturated rings. The van der Waals surface area contributed by atoms with E-state index in [9.17, 15) is 24.3 Å². The summed E-state index contributed by atoms with van der Waals surface area (Å²) in [5, 5.41) is 14.9. The van der Waals surface area contributed by atoms with Crippen molar-refractivity contribution >= 4 is 35.1 Å². The minimum Gasteiger partial charge on any atom is -0.480 e. The first-order valence-corrected chi connectivity index (χ1v) is 11.1. The number of H-pyrrole nitrogens is 1. The van der Waals surface area contributed by atoms with Gasteiger partial charge in [0, 0.05) is 25.6 Å². The summed E-state index contributed by atoms with van der Waals surface area (Å²) >= 11 is 0. The summed E-state index contributed by atoms with van der Waals surface area (Å²) in [6.07, 6.45) is 1.12. The number of nitrogens with one attached hydrogen (secondary N) is 3. The Bertz CT molecular complexity index is 1130. The molecule has 13 nitrogen and oxygen atoms in total. The van der Waals surface area contributed by atoms with Gasteiger partial charge in [-0.25, -0.2) is 9.78 Å². The van der Waals surface area contributed by atoms with Crippen LogP contribution in [-0.2, 0) is 14.3 Å². The fourth-order valence-corrected chi connectivity index (χ4v) is 3.75. The Hall–Kier alpha value is -3.48. The number of likely N-dealkylation sites (tertiary alicyclic amines) is 1. The quantitative estimate of drug-likeness (QED) is 0.453. The maximum Gasteiger partial charge on any atom is 0.407 e. The molecule has 2 aromatic heterocycles. The molecule has 2 amide bonds. The lowest BCUT2D eigenvalue weighted by Crippen LogP contribution is -2.42. The van der Waals surface area contributed by atoms with Gasteiger partial charge in [0.15, 0.2) is 11.2 Å². The Morgan fingerprint density at radius 2 is 2.03 bits per heavy atom. The van der Waals surface area contributed by atoms with Crippen LogP contribution < -0.4 is 16.2 Å². The molecule has 3 rings (SSSR count). The van der Waals surface area contributed by atoms with Crippen LogP contribution in [0.15, 0.2) is 11.1 Å². The zero-order valence-corrected chi connectivity index (χ0v) is 19.9. The number of ether oxygens (including phenoxy) is 1. The number of alkyl carbamates (subject to hydrolysis) is 1. The molecular formula is C21H31N7O6. The Morgan fingerprint density at radius 1 is 1.32 bits per heavy atom. The van der Waals surface area contributed by atoms with Crippen LogP contribution >= 0.6 is 0 Å². The molecule has 13 heteroatoms. The fraction of sp³-hybridized carbons (Fsp3) is 0.619. The largest absolute Gasteiger partial charge is 0.480 e. The summed E-state index contributed by atoms with van der Waals surface area (Å²) in [6, 6.07) is -1.13. The zero-order chi connectivity index (χ0) is 25.2. The van der Waals surface area contributed by atoms with Gasteiger partial charge < -0.3 is 19.7 Å². The van der Waals surface area contributed by atoms with Crippen molar-refractivity contribution in [1.82, 2.24) is 29.7 Å². The van der Waals surface area contributed by atoms with Gasteiger partial charge in [0.25, 0.3) is 5.56 Å². The monoisotopic (exact) mass is 477 g/mol. The molecule has 1 saturated heterocycles. The second kappa shape index (κ2) is 9.79. The lowest BCUT2D eigenvalue weighted by molar-refractivity contribution is -0.142. The number of amides is 2. The molecule has 0 aromatic carbocycles. The van der Waals surface area contributed by atoms with Gasteiger partial charge in [-0.15, -0.1) is 0 Å². The summed E-state index contributed by atoms with van der Waals surface area (Å²) in [5.41, 5.74) is -0.767. The SMILES string of the molecule is CC(C)C(=O)Nc1nc2ncn([C@H]3C[C@@H](C(=O)O)N(CCNC(=O)OC(C)(C)C)C3)c2c(=O)[nH]1. The number of carbonyl (C=O) groups excluding carboxylic acids is 2. The molecule has 0 saturated carbocycles. The number of fused-ring (bicyclic) bond motifs is 1. The normalized spacial score (nSPS) is 18.9. The number of hydrogen-bond acceptors (Lipinski definition) is 8. The third kappa shape index (κ3) is 5.90. The first-order chi connectivity index (χ1) is 15.9. The predicted molar refractivity (Wildman–Crippen MR) is 123 cm³/mol. The molecule has 1 aliphatic rings. The highest BCUT2D eigenvalue weighted by atomic mass is 16.6. The lowest BCUT2D eigenvalue weighted by Gasteiger charge is -2.23. The van der Waals surface area contributed by atoms with E-state index in [-0.39, 0.29) is 47.9 Å². The highest BCUT2D eigenvalue weighted by Gasteiger charge is 2.38. The second-order valence-corrected chi connectivity index (χ2v) is 9.55. The van der Waals surface area contributed by atoms with Gasteiger partial charge in [-0.05, 0) is 27.2 Å². The highest BCUT2D eigenvalue weighted by molar-refractivity contribution is 5.91. The van der Waals surface area contributed by atoms with Crippen molar-refractivity contribution in [3.05, 3.63) is 16.7 Å². The predicted octanol–water partition coefficient (Wildman–Crippen LogP) is 0.939. The number of imidazole rings is 1. The molecule has 2 aromatic rings. The third-order valence-corrected chi connectivity index (χ3v) is 5.33. The van der Waals surface area contributed by atoms with Gasteiger partial charge >= 0.3 is 12.1 Å². The van der Waals surface area contributed by atoms with Gasteiger partial charge in [-0.1, -0.05) is 13.8 Å². The summed E-state index contributed by atoms with van der Waals surface area (Å²) in [6.45, 7) is 9.53. The molecule has 0 bridgehead atoms. The lowest BCUT2D eigenvalue weighted by atomic mass is 10.1. The highest BCUT2D eigenvalue weighted by Crippen LogP contribution is 2.29. The van der Waals surface area contributed by atoms with E-state index in [1.54, 1.807) is 44.1 Å². The number of hydrogen-bond donors (Lipinski definition) is 4. The van der Waals surface area contributed by atoms with Crippen molar-refractivity contribution in [3.8, 4) is 0 Å². The van der Waals surface area contributed by atoms with Crippen LogP contribution in [0.1, 0.15) is 47.1 Å². The van der Waals surface area contributed by atoms with Crippen molar-refractivity contribution in [3.63, 3.8) is 0 Å². The molecule has 4 N–H and O–H groups in total. The maximum atomic E-state index is 12.7. The van der Waals surface area contributed by atoms with Gasteiger partial charge in [0.2, 0.25) is 11.9 Å². The Kier molecular flexibility index (Phi) is 7.24. The standard InChI is InChI=1S/C21H31N7O6/c1-11(2)16(29)25-19-24-15-14(17(30)26-19)28(10-23-15)12-8-13(18(31)32)27(9-12)7-6-22-20(33)34-21(3,4)5/h10-13H,6-9H2,1-5H3,(H,22,33)(H,31,32)(H2,24,25,26,29,30)/t12-,13-/m0/s1. The molecule has 3 heterocycles. The van der Waals surface area contributed by atoms with Crippen LogP contribution in [0.2, 0.25) is 0 Å². The molecule has 2 atom stereocenters. The summed E-state index contributed by atoms with van der Waals surface area (Å²) in [7, 11) is 0. The first-order valence-electron chi connectivity index (χ1n) is 11.1. The smallest absolute Gasteiger partial charge is 0.407 e. The van der Waals surface area contributed by atoms with E-state index < -0.39 is 29.3 Å². The molecule has 0 radical (unpaired) electrons. The van der Waals surface area contributed by atoms with E-state index in [0.717, 1.165) is 0 Å². The Labute approximate surface area is 195 Å². The fourth-order valence-electron chi connectivity index (χ4n) is 3.75. The van der Waals surface area contributed by atoms with Gasteiger partial charge in [0.05, 0.1) is 12.4 Å². The number of carboxylic acids is 1. The van der Waals surface area contributed by atoms with Crippen LogP contribution in [0.3, 0.4) is 0 Å². The average molecular weight is 478 g/mol. The number of aliphatic carboxylic acids is 1. The van der Waals surface area contributed by atoms with Gasteiger partial charge in [0.1, 0.15) is 11.6 Å². The average Bonchev–Trinajstić information content (AvgIpc) is 3.31. The Morgan fingerprint density at radius 3 is 2.65 bits per heavy atom. The zero-order valence-electron chi connectivity index (χ0n) is 19.9. The van der Waals surface area contributed by atoms with Crippen molar-refractivity contribution in [1.29, 1.82) is 0 Å². The number of anilines is 1. The van der Waals surface area contributed by atoms with Gasteiger partial charge in [-0.2, -0.15) is 4.98 Å². The number of aromatic nitrogens is 4. The van der Waals surface area contributed by atoms with E-state index in [1.165, 1.54) is 6.33 Å². The topological polar surface area (TPSA) is 172 Å². The third-order valence-electron chi connectivity index (χ3n) is 5.33. The Balaban J connectivity index is 1.74. The number of aromatic amines is 1. The summed E-state index contributed by atoms with van der Waals surface area (Å²) in [4.78, 5) is 61.0. The maximum absolute atomic E-state index is 12.7. The molecule has 0 spiro atoms. The van der Waals surface area contributed by atoms with E-state index in [0.29, 0.717) is 13.1 Å². The second-order valence-electron chi connectivity index (χ2n) is 9.55. The van der Waals surface area contributed by atoms with Crippen molar-refractivity contribution in [2.24, 2.45) is 5.92 Å². The molecule has 34 heavy (non-hydrogen) atoms. The molecule has 0 unspecified atom stereocenters. The van der Waals surface area contributed by atoms with E-state index in [4.69, 9.17) is 4.74 Å². The van der Waals surface area contributed by atoms with E-state index >= 15 is 0 Å². The molecule has 0 aliphatic carbocycles. The van der Waals surface area contributed by atoms with Crippen molar-refractivity contribution in [2.75, 3.05) is 25.0 Å². The van der Waals surface area contributed by atoms with Crippen LogP contribution in [0.5, 0.6) is 0 Å².